The van der Waals surface area contributed by atoms with Gasteiger partial charge in [0.1, 0.15) is 0 Å². The number of aryl methyl sites for hydroxylation is 2. The Hall–Kier alpha value is -1.35. The minimum Gasteiger partial charge on any atom is -0.388 e. The number of aliphatic hydroxyl groups is 1. The van der Waals surface area contributed by atoms with E-state index in [1.165, 1.54) is 0 Å². The van der Waals surface area contributed by atoms with Crippen LogP contribution in [0, 0.1) is 19.8 Å². The largest absolute Gasteiger partial charge is 0.388 e. The first-order valence-electron chi connectivity index (χ1n) is 6.49. The topological polar surface area (TPSA) is 35.8 Å². The molecule has 1 aliphatic carbocycles. The number of hydrogen-bond donors (Lipinski definition) is 1. The van der Waals surface area contributed by atoms with Gasteiger partial charge in [-0.25, -0.2) is 4.99 Å². The number of rotatable bonds is 4. The molecule has 98 valence electrons. The van der Waals surface area contributed by atoms with Gasteiger partial charge in [0.15, 0.2) is 0 Å². The molecule has 0 aliphatic heterocycles. The second kappa shape index (κ2) is 5.11. The molecule has 1 saturated carbocycles. The van der Waals surface area contributed by atoms with Gasteiger partial charge in [-0.2, -0.15) is 0 Å². The Labute approximate surface area is 109 Å². The average molecular weight is 246 g/mol. The molecule has 1 aromatic rings. The zero-order chi connectivity index (χ0) is 13.3. The Morgan fingerprint density at radius 2 is 1.83 bits per heavy atom. The van der Waals surface area contributed by atoms with Gasteiger partial charge >= 0.3 is 0 Å². The van der Waals surface area contributed by atoms with Crippen LogP contribution in [-0.4, -0.2) is 30.4 Å². The van der Waals surface area contributed by atoms with Crippen LogP contribution in [-0.2, 0) is 0 Å². The summed E-state index contributed by atoms with van der Waals surface area (Å²) in [6.07, 6.45) is 3.82. The first-order valence-corrected chi connectivity index (χ1v) is 6.49. The minimum absolute atomic E-state index is 0.297. The molecular formula is C15H22N2O. The molecule has 0 heterocycles. The summed E-state index contributed by atoms with van der Waals surface area (Å²) in [5, 5.41) is 10.2. The fourth-order valence-electron chi connectivity index (χ4n) is 2.22. The first-order chi connectivity index (χ1) is 8.49. The summed E-state index contributed by atoms with van der Waals surface area (Å²) in [5.41, 5.74) is 4.30. The van der Waals surface area contributed by atoms with Gasteiger partial charge in [-0.15, -0.1) is 0 Å². The number of aliphatic hydroxyl groups excluding tert-OH is 1. The first kappa shape index (κ1) is 13.1. The highest BCUT2D eigenvalue weighted by atomic mass is 16.3. The predicted octanol–water partition coefficient (Wildman–Crippen LogP) is 2.97. The molecule has 0 amide bonds. The van der Waals surface area contributed by atoms with Gasteiger partial charge in [0.05, 0.1) is 18.1 Å². The predicted molar refractivity (Wildman–Crippen MR) is 75.4 cm³/mol. The molecule has 1 unspecified atom stereocenters. The Kier molecular flexibility index (Phi) is 3.71. The molecule has 0 bridgehead atoms. The summed E-state index contributed by atoms with van der Waals surface area (Å²) in [6, 6.07) is 4.14. The lowest BCUT2D eigenvalue weighted by molar-refractivity contribution is 0.153. The maximum Gasteiger partial charge on any atom is 0.0907 e. The molecule has 1 atom stereocenters. The monoisotopic (exact) mass is 246 g/mol. The molecule has 1 aromatic carbocycles. The van der Waals surface area contributed by atoms with Crippen molar-refractivity contribution in [2.45, 2.75) is 32.8 Å². The summed E-state index contributed by atoms with van der Waals surface area (Å²) in [4.78, 5) is 6.41. The number of benzene rings is 1. The molecule has 3 heteroatoms. The summed E-state index contributed by atoms with van der Waals surface area (Å²) >= 11 is 0. The van der Waals surface area contributed by atoms with Crippen LogP contribution in [0.5, 0.6) is 0 Å². The Bertz CT molecular complexity index is 439. The van der Waals surface area contributed by atoms with Crippen molar-refractivity contribution in [2.24, 2.45) is 10.9 Å². The van der Waals surface area contributed by atoms with Gasteiger partial charge in [0.2, 0.25) is 0 Å². The van der Waals surface area contributed by atoms with Crippen molar-refractivity contribution in [1.82, 2.24) is 4.90 Å². The molecular weight excluding hydrogens is 224 g/mol. The van der Waals surface area contributed by atoms with E-state index in [4.69, 9.17) is 0 Å². The van der Waals surface area contributed by atoms with Crippen molar-refractivity contribution in [3.63, 3.8) is 0 Å². The van der Waals surface area contributed by atoms with Crippen molar-refractivity contribution in [2.75, 3.05) is 14.1 Å². The molecule has 18 heavy (non-hydrogen) atoms. The summed E-state index contributed by atoms with van der Waals surface area (Å²) < 4.78 is 0. The minimum atomic E-state index is -0.297. The van der Waals surface area contributed by atoms with E-state index in [0.717, 1.165) is 35.2 Å². The Morgan fingerprint density at radius 1 is 1.28 bits per heavy atom. The van der Waals surface area contributed by atoms with Crippen molar-refractivity contribution in [3.8, 4) is 0 Å². The third-order valence-electron chi connectivity index (χ3n) is 3.34. The lowest BCUT2D eigenvalue weighted by Gasteiger charge is -2.14. The van der Waals surface area contributed by atoms with E-state index in [9.17, 15) is 5.11 Å². The van der Waals surface area contributed by atoms with Crippen molar-refractivity contribution in [1.29, 1.82) is 0 Å². The maximum atomic E-state index is 10.2. The third-order valence-corrected chi connectivity index (χ3v) is 3.34. The van der Waals surface area contributed by atoms with Crippen LogP contribution in [0.25, 0.3) is 0 Å². The third kappa shape index (κ3) is 2.91. The summed E-state index contributed by atoms with van der Waals surface area (Å²) in [7, 11) is 3.92. The van der Waals surface area contributed by atoms with Crippen molar-refractivity contribution >= 4 is 12.0 Å². The van der Waals surface area contributed by atoms with E-state index in [-0.39, 0.29) is 6.10 Å². The molecule has 3 nitrogen and oxygen atoms in total. The standard InChI is InChI=1S/C15H22N2O/c1-10-7-13(15(18)12-5-6-12)8-11(2)14(10)16-9-17(3)4/h7-9,12,15,18H,5-6H2,1-4H3/b16-9-. The van der Waals surface area contributed by atoms with Crippen LogP contribution in [0.15, 0.2) is 17.1 Å². The van der Waals surface area contributed by atoms with Gasteiger partial charge in [-0.05, 0) is 49.3 Å². The van der Waals surface area contributed by atoms with Crippen molar-refractivity contribution in [3.05, 3.63) is 28.8 Å². The molecule has 0 aromatic heterocycles. The normalized spacial score (nSPS) is 17.2. The smallest absolute Gasteiger partial charge is 0.0907 e. The highest BCUT2D eigenvalue weighted by Gasteiger charge is 2.31. The zero-order valence-electron chi connectivity index (χ0n) is 11.6. The van der Waals surface area contributed by atoms with Gasteiger partial charge in [0, 0.05) is 14.1 Å². The Morgan fingerprint density at radius 3 is 2.28 bits per heavy atom. The molecule has 0 saturated heterocycles. The van der Waals surface area contributed by atoms with E-state index in [1.54, 1.807) is 0 Å². The molecule has 2 rings (SSSR count). The van der Waals surface area contributed by atoms with Gasteiger partial charge in [-0.3, -0.25) is 0 Å². The quantitative estimate of drug-likeness (QED) is 0.655. The van der Waals surface area contributed by atoms with Crippen LogP contribution in [0.1, 0.15) is 35.6 Å². The molecule has 1 fully saturated rings. The molecule has 1 aliphatic rings. The lowest BCUT2D eigenvalue weighted by Crippen LogP contribution is -2.07. The summed E-state index contributed by atoms with van der Waals surface area (Å²) in [5.74, 6) is 0.472. The highest BCUT2D eigenvalue weighted by molar-refractivity contribution is 5.65. The second-order valence-corrected chi connectivity index (χ2v) is 5.49. The second-order valence-electron chi connectivity index (χ2n) is 5.49. The molecule has 1 N–H and O–H groups in total. The number of aliphatic imine (C=N–C) groups is 1. The molecule has 0 radical (unpaired) electrons. The van der Waals surface area contributed by atoms with Gasteiger partial charge < -0.3 is 10.0 Å². The van der Waals surface area contributed by atoms with Crippen molar-refractivity contribution < 1.29 is 5.11 Å². The van der Waals surface area contributed by atoms with E-state index < -0.39 is 0 Å². The number of hydrogen-bond acceptors (Lipinski definition) is 2. The van der Waals surface area contributed by atoms with Crippen LogP contribution in [0.4, 0.5) is 5.69 Å². The van der Waals surface area contributed by atoms with E-state index in [1.807, 2.05) is 25.3 Å². The van der Waals surface area contributed by atoms with Gasteiger partial charge in [-0.1, -0.05) is 12.1 Å². The maximum absolute atomic E-state index is 10.2. The average Bonchev–Trinajstić information content (AvgIpc) is 3.10. The highest BCUT2D eigenvalue weighted by Crippen LogP contribution is 2.42. The fraction of sp³-hybridized carbons (Fsp3) is 0.533. The van der Waals surface area contributed by atoms with Crippen LogP contribution < -0.4 is 0 Å². The lowest BCUT2D eigenvalue weighted by atomic mass is 9.99. The molecule has 0 spiro atoms. The van der Waals surface area contributed by atoms with Crippen LogP contribution in [0.2, 0.25) is 0 Å². The van der Waals surface area contributed by atoms with Crippen LogP contribution in [0.3, 0.4) is 0 Å². The van der Waals surface area contributed by atoms with Gasteiger partial charge in [0.25, 0.3) is 0 Å². The van der Waals surface area contributed by atoms with E-state index in [0.29, 0.717) is 5.92 Å². The van der Waals surface area contributed by atoms with E-state index in [2.05, 4.69) is 31.0 Å². The zero-order valence-corrected chi connectivity index (χ0v) is 11.6. The summed E-state index contributed by atoms with van der Waals surface area (Å²) in [6.45, 7) is 4.11. The fourth-order valence-corrected chi connectivity index (χ4v) is 2.22. The SMILES string of the molecule is Cc1cc(C(O)C2CC2)cc(C)c1/N=C\N(C)C. The Balaban J connectivity index is 2.28. The van der Waals surface area contributed by atoms with Crippen LogP contribution >= 0.6 is 0 Å². The van der Waals surface area contributed by atoms with E-state index >= 15 is 0 Å². The number of nitrogens with zero attached hydrogens (tertiary/aromatic N) is 2.